The number of carbonyl (C=O) groups excluding carboxylic acids is 2. The highest BCUT2D eigenvalue weighted by molar-refractivity contribution is 6.03. The summed E-state index contributed by atoms with van der Waals surface area (Å²) >= 11 is 0. The van der Waals surface area contributed by atoms with Crippen LogP contribution in [0.25, 0.3) is 0 Å². The van der Waals surface area contributed by atoms with E-state index in [2.05, 4.69) is 5.32 Å². The lowest BCUT2D eigenvalue weighted by Crippen LogP contribution is -2.25. The molecular formula is C10H14F3NO2. The Morgan fingerprint density at radius 3 is 2.50 bits per heavy atom. The number of rotatable bonds is 4. The van der Waals surface area contributed by atoms with Gasteiger partial charge in [0.2, 0.25) is 11.8 Å². The zero-order chi connectivity index (χ0) is 12.3. The number of carbonyl (C=O) groups is 2. The van der Waals surface area contributed by atoms with E-state index in [0.717, 1.165) is 0 Å². The van der Waals surface area contributed by atoms with Crippen LogP contribution < -0.4 is 5.32 Å². The van der Waals surface area contributed by atoms with Crippen molar-refractivity contribution in [2.45, 2.75) is 38.8 Å². The Labute approximate surface area is 91.4 Å². The predicted octanol–water partition coefficient (Wildman–Crippen LogP) is 2.02. The maximum absolute atomic E-state index is 11.9. The molecule has 3 nitrogen and oxygen atoms in total. The second kappa shape index (κ2) is 4.84. The summed E-state index contributed by atoms with van der Waals surface area (Å²) in [5.41, 5.74) is 0. The van der Waals surface area contributed by atoms with Gasteiger partial charge in [0.15, 0.2) is 0 Å². The van der Waals surface area contributed by atoms with Crippen molar-refractivity contribution in [2.75, 3.05) is 0 Å². The molecule has 92 valence electrons. The third kappa shape index (κ3) is 3.83. The summed E-state index contributed by atoms with van der Waals surface area (Å²) in [7, 11) is 0. The summed E-state index contributed by atoms with van der Waals surface area (Å²) in [6.45, 7) is 1.71. The highest BCUT2D eigenvalue weighted by atomic mass is 19.4. The van der Waals surface area contributed by atoms with Crippen LogP contribution in [0.4, 0.5) is 13.2 Å². The molecule has 6 heteroatoms. The van der Waals surface area contributed by atoms with Gasteiger partial charge in [-0.1, -0.05) is 6.92 Å². The van der Waals surface area contributed by atoms with Crippen molar-refractivity contribution in [3.8, 4) is 0 Å². The van der Waals surface area contributed by atoms with Crippen LogP contribution in [0.3, 0.4) is 0 Å². The lowest BCUT2D eigenvalue weighted by molar-refractivity contribution is -0.136. The summed E-state index contributed by atoms with van der Waals surface area (Å²) in [5.74, 6) is -1.34. The molecule has 0 aromatic carbocycles. The number of hydrogen-bond acceptors (Lipinski definition) is 2. The quantitative estimate of drug-likeness (QED) is 0.760. The first-order valence-corrected chi connectivity index (χ1v) is 5.20. The molecule has 0 bridgehead atoms. The fourth-order valence-electron chi connectivity index (χ4n) is 1.86. The van der Waals surface area contributed by atoms with Crippen molar-refractivity contribution in [1.29, 1.82) is 0 Å². The van der Waals surface area contributed by atoms with Crippen LogP contribution in [-0.2, 0) is 9.59 Å². The Hall–Kier alpha value is -1.07. The molecule has 0 aliphatic carbocycles. The SMILES string of the molecule is CC(CCCC(F)(F)F)C1CC(=O)NC1=O. The molecule has 1 heterocycles. The third-order valence-electron chi connectivity index (χ3n) is 2.81. The van der Waals surface area contributed by atoms with Gasteiger partial charge in [-0.25, -0.2) is 0 Å². The van der Waals surface area contributed by atoms with E-state index in [1.807, 2.05) is 0 Å². The van der Waals surface area contributed by atoms with Crippen LogP contribution in [-0.4, -0.2) is 18.0 Å². The van der Waals surface area contributed by atoms with Crippen molar-refractivity contribution in [2.24, 2.45) is 11.8 Å². The molecule has 2 amide bonds. The summed E-state index contributed by atoms with van der Waals surface area (Å²) in [6.07, 6.45) is -4.56. The van der Waals surface area contributed by atoms with Gasteiger partial charge in [0.1, 0.15) is 0 Å². The van der Waals surface area contributed by atoms with E-state index in [1.54, 1.807) is 6.92 Å². The molecule has 2 atom stereocenters. The average Bonchev–Trinajstić information content (AvgIpc) is 2.43. The predicted molar refractivity (Wildman–Crippen MR) is 50.3 cm³/mol. The number of amides is 2. The second-order valence-corrected chi connectivity index (χ2v) is 4.21. The maximum atomic E-state index is 11.9. The van der Waals surface area contributed by atoms with Crippen LogP contribution in [0.5, 0.6) is 0 Å². The molecule has 0 spiro atoms. The summed E-state index contributed by atoms with van der Waals surface area (Å²) in [5, 5.41) is 2.15. The van der Waals surface area contributed by atoms with Crippen molar-refractivity contribution in [1.82, 2.24) is 5.32 Å². The molecule has 0 radical (unpaired) electrons. The summed E-state index contributed by atoms with van der Waals surface area (Å²) in [4.78, 5) is 22.1. The van der Waals surface area contributed by atoms with Crippen LogP contribution in [0.1, 0.15) is 32.6 Å². The van der Waals surface area contributed by atoms with E-state index in [0.29, 0.717) is 6.42 Å². The standard InChI is InChI=1S/C10H14F3NO2/c1-6(3-2-4-10(11,12)13)7-5-8(15)14-9(7)16/h6-7H,2-5H2,1H3,(H,14,15,16). The molecule has 0 saturated carbocycles. The van der Waals surface area contributed by atoms with Crippen molar-refractivity contribution in [3.05, 3.63) is 0 Å². The van der Waals surface area contributed by atoms with E-state index >= 15 is 0 Å². The van der Waals surface area contributed by atoms with E-state index in [9.17, 15) is 22.8 Å². The van der Waals surface area contributed by atoms with E-state index in [1.165, 1.54) is 0 Å². The van der Waals surface area contributed by atoms with E-state index in [4.69, 9.17) is 0 Å². The van der Waals surface area contributed by atoms with Crippen LogP contribution in [0.2, 0.25) is 0 Å². The monoisotopic (exact) mass is 237 g/mol. The van der Waals surface area contributed by atoms with Crippen LogP contribution in [0.15, 0.2) is 0 Å². The largest absolute Gasteiger partial charge is 0.389 e. The summed E-state index contributed by atoms with van der Waals surface area (Å²) < 4.78 is 35.7. The first-order valence-electron chi connectivity index (χ1n) is 5.20. The fraction of sp³-hybridized carbons (Fsp3) is 0.800. The minimum Gasteiger partial charge on any atom is -0.296 e. The Kier molecular flexibility index (Phi) is 3.93. The molecule has 2 unspecified atom stereocenters. The Bertz CT molecular complexity index is 288. The minimum absolute atomic E-state index is 0.00262. The van der Waals surface area contributed by atoms with E-state index in [-0.39, 0.29) is 30.6 Å². The van der Waals surface area contributed by atoms with Gasteiger partial charge in [-0.05, 0) is 18.8 Å². The van der Waals surface area contributed by atoms with Gasteiger partial charge < -0.3 is 0 Å². The van der Waals surface area contributed by atoms with Gasteiger partial charge in [0.25, 0.3) is 0 Å². The third-order valence-corrected chi connectivity index (χ3v) is 2.81. The van der Waals surface area contributed by atoms with Crippen molar-refractivity contribution in [3.63, 3.8) is 0 Å². The molecule has 1 fully saturated rings. The van der Waals surface area contributed by atoms with E-state index < -0.39 is 18.5 Å². The molecule has 1 N–H and O–H groups in total. The highest BCUT2D eigenvalue weighted by Crippen LogP contribution is 2.28. The number of hydrogen-bond donors (Lipinski definition) is 1. The Morgan fingerprint density at radius 2 is 2.06 bits per heavy atom. The zero-order valence-electron chi connectivity index (χ0n) is 8.93. The number of imide groups is 1. The normalized spacial score (nSPS) is 23.4. The lowest BCUT2D eigenvalue weighted by atomic mass is 9.88. The lowest BCUT2D eigenvalue weighted by Gasteiger charge is -2.16. The van der Waals surface area contributed by atoms with Crippen molar-refractivity contribution < 1.29 is 22.8 Å². The molecule has 1 aliphatic rings. The van der Waals surface area contributed by atoms with Gasteiger partial charge in [-0.3, -0.25) is 14.9 Å². The van der Waals surface area contributed by atoms with Gasteiger partial charge in [0.05, 0.1) is 0 Å². The first kappa shape index (κ1) is 13.0. The minimum atomic E-state index is -4.15. The molecule has 1 saturated heterocycles. The maximum Gasteiger partial charge on any atom is 0.389 e. The number of halogens is 3. The highest BCUT2D eigenvalue weighted by Gasteiger charge is 2.35. The van der Waals surface area contributed by atoms with Crippen molar-refractivity contribution >= 4 is 11.8 Å². The Balaban J connectivity index is 2.33. The fourth-order valence-corrected chi connectivity index (χ4v) is 1.86. The van der Waals surface area contributed by atoms with Gasteiger partial charge in [-0.15, -0.1) is 0 Å². The zero-order valence-corrected chi connectivity index (χ0v) is 8.93. The topological polar surface area (TPSA) is 46.2 Å². The molecule has 0 aromatic rings. The molecule has 16 heavy (non-hydrogen) atoms. The molecular weight excluding hydrogens is 223 g/mol. The average molecular weight is 237 g/mol. The van der Waals surface area contributed by atoms with Gasteiger partial charge in [-0.2, -0.15) is 13.2 Å². The smallest absolute Gasteiger partial charge is 0.296 e. The summed E-state index contributed by atoms with van der Waals surface area (Å²) in [6, 6.07) is 0. The van der Waals surface area contributed by atoms with Gasteiger partial charge >= 0.3 is 6.18 Å². The van der Waals surface area contributed by atoms with Gasteiger partial charge in [0, 0.05) is 18.8 Å². The molecule has 0 aromatic heterocycles. The molecule has 1 rings (SSSR count). The number of nitrogens with one attached hydrogen (secondary N) is 1. The van der Waals surface area contributed by atoms with Crippen LogP contribution >= 0.6 is 0 Å². The molecule has 1 aliphatic heterocycles. The first-order chi connectivity index (χ1) is 7.29. The Morgan fingerprint density at radius 1 is 1.44 bits per heavy atom. The second-order valence-electron chi connectivity index (χ2n) is 4.21. The number of alkyl halides is 3. The van der Waals surface area contributed by atoms with Crippen LogP contribution in [0, 0.1) is 11.8 Å².